The van der Waals surface area contributed by atoms with Crippen LogP contribution in [0.15, 0.2) is 24.3 Å². The predicted molar refractivity (Wildman–Crippen MR) is 59.0 cm³/mol. The van der Waals surface area contributed by atoms with E-state index in [1.807, 2.05) is 0 Å². The van der Waals surface area contributed by atoms with Gasteiger partial charge >= 0.3 is 12.4 Å². The van der Waals surface area contributed by atoms with Crippen molar-refractivity contribution in [3.63, 3.8) is 0 Å². The first kappa shape index (κ1) is 12.5. The van der Waals surface area contributed by atoms with E-state index in [2.05, 4.69) is 0 Å². The highest BCUT2D eigenvalue weighted by molar-refractivity contribution is 5.50. The third-order valence-corrected chi connectivity index (χ3v) is 6.20. The van der Waals surface area contributed by atoms with E-state index < -0.39 is 47.3 Å². The van der Waals surface area contributed by atoms with Gasteiger partial charge in [0.1, 0.15) is 10.8 Å². The first-order valence-electron chi connectivity index (χ1n) is 6.70. The minimum atomic E-state index is -4.91. The summed E-state index contributed by atoms with van der Waals surface area (Å²) in [6.07, 6.45) is -4.51. The molecule has 6 aliphatic rings. The van der Waals surface area contributed by atoms with Gasteiger partial charge < -0.3 is 0 Å². The van der Waals surface area contributed by atoms with Gasteiger partial charge in [0.05, 0.1) is 6.67 Å². The summed E-state index contributed by atoms with van der Waals surface area (Å²) in [5.74, 6) is 0. The van der Waals surface area contributed by atoms with E-state index in [0.717, 1.165) is 0 Å². The second kappa shape index (κ2) is 2.90. The maximum atomic E-state index is 14.0. The maximum absolute atomic E-state index is 14.0. The Morgan fingerprint density at radius 1 is 0.667 bits per heavy atom. The highest BCUT2D eigenvalue weighted by Crippen LogP contribution is 2.80. The summed E-state index contributed by atoms with van der Waals surface area (Å²) in [6, 6.07) is -4.83. The van der Waals surface area contributed by atoms with Gasteiger partial charge in [-0.15, -0.1) is 0 Å². The fourth-order valence-corrected chi connectivity index (χ4v) is 5.87. The summed E-state index contributed by atoms with van der Waals surface area (Å²) in [5.41, 5.74) is -5.54. The minimum absolute atomic E-state index is 0.167. The second-order valence-corrected chi connectivity index (χ2v) is 6.45. The van der Waals surface area contributed by atoms with Crippen LogP contribution in [-0.4, -0.2) is 53.0 Å². The van der Waals surface area contributed by atoms with Gasteiger partial charge in [-0.25, -0.2) is 0 Å². The number of hydrogen-bond donors (Lipinski definition) is 0. The monoisotopic (exact) mass is 308 g/mol. The van der Waals surface area contributed by atoms with E-state index >= 15 is 0 Å². The highest BCUT2D eigenvalue weighted by atomic mass is 19.4. The molecule has 0 aliphatic carbocycles. The first-order valence-corrected chi connectivity index (χ1v) is 6.70. The van der Waals surface area contributed by atoms with Crippen LogP contribution in [0.1, 0.15) is 0 Å². The van der Waals surface area contributed by atoms with Crippen molar-refractivity contribution in [1.29, 1.82) is 0 Å². The lowest BCUT2D eigenvalue weighted by Crippen LogP contribution is -2.67. The van der Waals surface area contributed by atoms with Crippen LogP contribution in [-0.2, 0) is 0 Å². The molecular weight excluding hydrogens is 298 g/mol. The fourth-order valence-electron chi connectivity index (χ4n) is 5.87. The summed E-state index contributed by atoms with van der Waals surface area (Å²) in [7, 11) is 0. The van der Waals surface area contributed by atoms with Crippen LogP contribution < -0.4 is 0 Å². The van der Waals surface area contributed by atoms with Crippen LogP contribution >= 0.6 is 0 Å². The largest absolute Gasteiger partial charge is 0.399 e. The summed E-state index contributed by atoms with van der Waals surface area (Å²) >= 11 is 0. The average molecular weight is 308 g/mol. The van der Waals surface area contributed by atoms with Gasteiger partial charge in [0.25, 0.3) is 0 Å². The molecule has 8 bridgehead atoms. The quantitative estimate of drug-likeness (QED) is 0.500. The SMILES string of the molecule is FC(F)(F)C12[C@@H]3C=C[C@H]4N3CN3[C@@H](C=C[C@@H]31)C42C(F)(F)F. The van der Waals surface area contributed by atoms with Crippen LogP contribution in [0.25, 0.3) is 0 Å². The van der Waals surface area contributed by atoms with E-state index in [-0.39, 0.29) is 6.67 Å². The van der Waals surface area contributed by atoms with Gasteiger partial charge in [-0.05, 0) is 0 Å². The molecule has 0 aromatic heterocycles. The van der Waals surface area contributed by atoms with Gasteiger partial charge in [0, 0.05) is 24.2 Å². The van der Waals surface area contributed by atoms with Crippen LogP contribution in [0.4, 0.5) is 26.3 Å². The van der Waals surface area contributed by atoms with E-state index in [1.54, 1.807) is 0 Å². The molecule has 4 fully saturated rings. The summed E-state index contributed by atoms with van der Waals surface area (Å²) in [4.78, 5) is 2.72. The van der Waals surface area contributed by atoms with Gasteiger partial charge in [-0.2, -0.15) is 26.3 Å². The van der Waals surface area contributed by atoms with Crippen molar-refractivity contribution in [1.82, 2.24) is 9.80 Å². The lowest BCUT2D eigenvalue weighted by molar-refractivity contribution is -0.327. The average Bonchev–Trinajstić information content (AvgIpc) is 3.04. The third kappa shape index (κ3) is 0.855. The minimum Gasteiger partial charge on any atom is -0.276 e. The Hall–Kier alpha value is -1.02. The Bertz CT molecular complexity index is 523. The molecule has 0 radical (unpaired) electrons. The van der Waals surface area contributed by atoms with Gasteiger partial charge in [-0.1, -0.05) is 24.3 Å². The smallest absolute Gasteiger partial charge is 0.276 e. The molecule has 0 aromatic rings. The molecule has 8 heteroatoms. The van der Waals surface area contributed by atoms with E-state index in [1.165, 1.54) is 34.1 Å². The lowest BCUT2D eigenvalue weighted by Gasteiger charge is -2.51. The summed E-state index contributed by atoms with van der Waals surface area (Å²) in [6.45, 7) is 0.167. The van der Waals surface area contributed by atoms with Crippen molar-refractivity contribution in [2.24, 2.45) is 10.8 Å². The Morgan fingerprint density at radius 2 is 0.952 bits per heavy atom. The molecule has 0 aromatic carbocycles. The summed E-state index contributed by atoms with van der Waals surface area (Å²) < 4.78 is 83.8. The Labute approximate surface area is 115 Å². The third-order valence-electron chi connectivity index (χ3n) is 6.20. The van der Waals surface area contributed by atoms with Crippen LogP contribution in [0, 0.1) is 10.8 Å². The molecule has 2 nitrogen and oxygen atoms in total. The van der Waals surface area contributed by atoms with Crippen molar-refractivity contribution in [3.8, 4) is 0 Å². The Kier molecular flexibility index (Phi) is 1.73. The van der Waals surface area contributed by atoms with E-state index in [4.69, 9.17) is 0 Å². The molecule has 0 amide bonds. The molecule has 0 saturated carbocycles. The highest BCUT2D eigenvalue weighted by Gasteiger charge is 2.96. The number of halogens is 6. The van der Waals surface area contributed by atoms with Gasteiger partial charge in [0.15, 0.2) is 0 Å². The molecule has 6 heterocycles. The van der Waals surface area contributed by atoms with Gasteiger partial charge in [-0.3, -0.25) is 9.80 Å². The Morgan fingerprint density at radius 3 is 1.19 bits per heavy atom. The molecule has 8 atom stereocenters. The molecule has 21 heavy (non-hydrogen) atoms. The molecule has 0 N–H and O–H groups in total. The molecule has 6 aliphatic heterocycles. The predicted octanol–water partition coefficient (Wildman–Crippen LogP) is 2.30. The van der Waals surface area contributed by atoms with E-state index in [0.29, 0.717) is 0 Å². The van der Waals surface area contributed by atoms with Crippen molar-refractivity contribution in [2.75, 3.05) is 6.67 Å². The van der Waals surface area contributed by atoms with Crippen LogP contribution in [0.3, 0.4) is 0 Å². The number of hydrogen-bond acceptors (Lipinski definition) is 2. The fraction of sp³-hybridized carbons (Fsp3) is 0.692. The number of rotatable bonds is 0. The number of alkyl halides is 6. The maximum Gasteiger partial charge on any atom is 0.399 e. The van der Waals surface area contributed by atoms with E-state index in [9.17, 15) is 26.3 Å². The van der Waals surface area contributed by atoms with Crippen molar-refractivity contribution < 1.29 is 26.3 Å². The molecule has 4 saturated heterocycles. The van der Waals surface area contributed by atoms with Gasteiger partial charge in [0.2, 0.25) is 0 Å². The molecule has 114 valence electrons. The lowest BCUT2D eigenvalue weighted by atomic mass is 9.52. The van der Waals surface area contributed by atoms with Crippen LogP contribution in [0.5, 0.6) is 0 Å². The van der Waals surface area contributed by atoms with Crippen molar-refractivity contribution in [2.45, 2.75) is 36.5 Å². The summed E-state index contributed by atoms with van der Waals surface area (Å²) in [5, 5.41) is 0. The normalized spacial score (nSPS) is 58.8. The second-order valence-electron chi connectivity index (χ2n) is 6.45. The zero-order valence-corrected chi connectivity index (χ0v) is 10.5. The van der Waals surface area contributed by atoms with Crippen LogP contribution in [0.2, 0.25) is 0 Å². The van der Waals surface area contributed by atoms with Crippen molar-refractivity contribution in [3.05, 3.63) is 24.3 Å². The molecule has 6 rings (SSSR count). The zero-order chi connectivity index (χ0) is 15.0. The number of nitrogens with zero attached hydrogens (tertiary/aromatic N) is 2. The topological polar surface area (TPSA) is 6.48 Å². The molecule has 0 spiro atoms. The molecule has 4 unspecified atom stereocenters. The standard InChI is InChI=1S/C13H10F6N2/c14-12(15,16)10-6-1-2-7-11(10,13(17,18)19)9-4-3-8(10)21(9)5-20(6)7/h1-4,6-9H,5H2/t6-,7+,8+,9-,10?,11?. The zero-order valence-electron chi connectivity index (χ0n) is 10.5. The molecular formula is C13H10F6N2. The van der Waals surface area contributed by atoms with Crippen molar-refractivity contribution >= 4 is 0 Å². The Balaban J connectivity index is 1.91. The first-order chi connectivity index (χ1) is 9.69.